The van der Waals surface area contributed by atoms with E-state index in [9.17, 15) is 9.59 Å². The Morgan fingerprint density at radius 2 is 2.00 bits per heavy atom. The molecule has 1 saturated heterocycles. The minimum absolute atomic E-state index is 0.144. The Morgan fingerprint density at radius 1 is 1.29 bits per heavy atom. The molecule has 2 aromatic heterocycles. The third kappa shape index (κ3) is 4.14. The predicted octanol–water partition coefficient (Wildman–Crippen LogP) is 4.52. The average molecular weight is 442 g/mol. The Hall–Kier alpha value is -2.57. The van der Waals surface area contributed by atoms with Gasteiger partial charge in [0.1, 0.15) is 5.15 Å². The van der Waals surface area contributed by atoms with E-state index in [1.807, 2.05) is 25.1 Å². The summed E-state index contributed by atoms with van der Waals surface area (Å²) in [5, 5.41) is 4.17. The van der Waals surface area contributed by atoms with Crippen LogP contribution in [0.15, 0.2) is 35.1 Å². The lowest BCUT2D eigenvalue weighted by Crippen LogP contribution is -2.28. The number of carbonyl (C=O) groups is 1. The van der Waals surface area contributed by atoms with E-state index in [1.54, 1.807) is 6.92 Å². The number of ether oxygens (including phenoxy) is 1. The molecule has 1 fully saturated rings. The van der Waals surface area contributed by atoms with E-state index < -0.39 is 0 Å². The summed E-state index contributed by atoms with van der Waals surface area (Å²) in [4.78, 5) is 28.5. The van der Waals surface area contributed by atoms with Crippen molar-refractivity contribution in [2.24, 2.45) is 5.92 Å². The number of amides is 1. The molecule has 2 N–H and O–H groups in total. The maximum absolute atomic E-state index is 13.3. The number of halogens is 1. The average Bonchev–Trinajstić information content (AvgIpc) is 3.04. The van der Waals surface area contributed by atoms with Gasteiger partial charge in [0.15, 0.2) is 5.43 Å². The molecule has 0 aliphatic carbocycles. The molecule has 0 bridgehead atoms. The molecule has 0 radical (unpaired) electrons. The highest BCUT2D eigenvalue weighted by Gasteiger charge is 2.27. The molecule has 1 unspecified atom stereocenters. The van der Waals surface area contributed by atoms with Crippen LogP contribution in [0.3, 0.4) is 0 Å². The lowest BCUT2D eigenvalue weighted by molar-refractivity contribution is 0.0517. The van der Waals surface area contributed by atoms with Gasteiger partial charge in [0.05, 0.1) is 5.56 Å². The Bertz CT molecular complexity index is 1170. The second-order valence-corrected chi connectivity index (χ2v) is 8.71. The van der Waals surface area contributed by atoms with Crippen molar-refractivity contribution in [1.82, 2.24) is 14.9 Å². The van der Waals surface area contributed by atoms with Gasteiger partial charge < -0.3 is 19.6 Å². The maximum atomic E-state index is 13.3. The normalized spacial score (nSPS) is 15.9. The van der Waals surface area contributed by atoms with Crippen molar-refractivity contribution in [2.45, 2.75) is 46.2 Å². The highest BCUT2D eigenvalue weighted by molar-refractivity contribution is 6.29. The molecule has 7 heteroatoms. The lowest BCUT2D eigenvalue weighted by atomic mass is 9.92. The van der Waals surface area contributed by atoms with Crippen LogP contribution in [0.25, 0.3) is 10.9 Å². The standard InChI is InChI=1S/C24H28ClN3O3/c1-14-19(21(29)12-22(25)27-14)13-26-24(30)23-16(3)28(20-7-5-4-6-18(20)23)15(2)17-8-10-31-11-9-17/h4-7,12,15,17H,8-11,13H2,1-3H3,(H,26,30)(H,27,29). The summed E-state index contributed by atoms with van der Waals surface area (Å²) >= 11 is 5.91. The zero-order valence-electron chi connectivity index (χ0n) is 18.1. The second-order valence-electron chi connectivity index (χ2n) is 8.31. The Balaban J connectivity index is 1.67. The third-order valence-corrected chi connectivity index (χ3v) is 6.68. The summed E-state index contributed by atoms with van der Waals surface area (Å²) < 4.78 is 7.83. The van der Waals surface area contributed by atoms with Gasteiger partial charge in [0.25, 0.3) is 5.91 Å². The first-order chi connectivity index (χ1) is 14.9. The van der Waals surface area contributed by atoms with Crippen LogP contribution < -0.4 is 10.7 Å². The highest BCUT2D eigenvalue weighted by Crippen LogP contribution is 2.35. The second kappa shape index (κ2) is 8.89. The Kier molecular flexibility index (Phi) is 6.21. The van der Waals surface area contributed by atoms with E-state index in [0.717, 1.165) is 42.7 Å². The molecular weight excluding hydrogens is 414 g/mol. The Morgan fingerprint density at radius 3 is 2.71 bits per heavy atom. The first-order valence-corrected chi connectivity index (χ1v) is 11.1. The van der Waals surface area contributed by atoms with Gasteiger partial charge in [-0.2, -0.15) is 0 Å². The van der Waals surface area contributed by atoms with E-state index in [2.05, 4.69) is 27.9 Å². The number of carbonyl (C=O) groups excluding carboxylic acids is 1. The fourth-order valence-electron chi connectivity index (χ4n) is 4.77. The number of aromatic amines is 1. The quantitative estimate of drug-likeness (QED) is 0.571. The fourth-order valence-corrected chi connectivity index (χ4v) is 5.01. The van der Waals surface area contributed by atoms with Crippen LogP contribution in [0.4, 0.5) is 0 Å². The third-order valence-electron chi connectivity index (χ3n) is 6.48. The monoisotopic (exact) mass is 441 g/mol. The number of H-pyrrole nitrogens is 1. The first kappa shape index (κ1) is 21.7. The molecule has 6 nitrogen and oxygen atoms in total. The van der Waals surface area contributed by atoms with Crippen molar-refractivity contribution in [3.63, 3.8) is 0 Å². The van der Waals surface area contributed by atoms with Gasteiger partial charge in [-0.05, 0) is 45.6 Å². The summed E-state index contributed by atoms with van der Waals surface area (Å²) in [7, 11) is 0. The molecule has 3 aromatic rings. The van der Waals surface area contributed by atoms with Crippen LogP contribution in [-0.4, -0.2) is 28.7 Å². The molecule has 1 aliphatic rings. The van der Waals surface area contributed by atoms with Crippen molar-refractivity contribution in [3.8, 4) is 0 Å². The van der Waals surface area contributed by atoms with E-state index in [1.165, 1.54) is 6.07 Å². The number of rotatable bonds is 5. The topological polar surface area (TPSA) is 76.1 Å². The van der Waals surface area contributed by atoms with Gasteiger partial charge in [-0.1, -0.05) is 29.8 Å². The van der Waals surface area contributed by atoms with Crippen molar-refractivity contribution in [2.75, 3.05) is 13.2 Å². The van der Waals surface area contributed by atoms with Crippen molar-refractivity contribution in [3.05, 3.63) is 68.2 Å². The van der Waals surface area contributed by atoms with E-state index in [0.29, 0.717) is 27.9 Å². The SMILES string of the molecule is Cc1[nH]c(Cl)cc(=O)c1CNC(=O)c1c(C)n(C(C)C2CCOCC2)c2ccccc12. The Labute approximate surface area is 186 Å². The van der Waals surface area contributed by atoms with Crippen LogP contribution in [-0.2, 0) is 11.3 Å². The lowest BCUT2D eigenvalue weighted by Gasteiger charge is -2.30. The minimum atomic E-state index is -0.186. The number of fused-ring (bicyclic) bond motifs is 1. The molecule has 1 aromatic carbocycles. The van der Waals surface area contributed by atoms with Crippen LogP contribution in [0.1, 0.15) is 53.1 Å². The number of para-hydroxylation sites is 1. The number of pyridine rings is 1. The minimum Gasteiger partial charge on any atom is -0.381 e. The van der Waals surface area contributed by atoms with E-state index in [4.69, 9.17) is 16.3 Å². The van der Waals surface area contributed by atoms with Gasteiger partial charge in [-0.15, -0.1) is 0 Å². The van der Waals surface area contributed by atoms with E-state index in [-0.39, 0.29) is 23.9 Å². The predicted molar refractivity (Wildman–Crippen MR) is 123 cm³/mol. The number of nitrogens with zero attached hydrogens (tertiary/aromatic N) is 1. The van der Waals surface area contributed by atoms with Gasteiger partial charge >= 0.3 is 0 Å². The van der Waals surface area contributed by atoms with Crippen LogP contribution in [0, 0.1) is 19.8 Å². The first-order valence-electron chi connectivity index (χ1n) is 10.7. The molecule has 0 saturated carbocycles. The van der Waals surface area contributed by atoms with Gasteiger partial charge in [0.2, 0.25) is 0 Å². The molecular formula is C24H28ClN3O3. The molecule has 1 amide bonds. The highest BCUT2D eigenvalue weighted by atomic mass is 35.5. The molecule has 1 aliphatic heterocycles. The number of hydrogen-bond acceptors (Lipinski definition) is 3. The molecule has 3 heterocycles. The van der Waals surface area contributed by atoms with Gasteiger partial charge in [-0.25, -0.2) is 0 Å². The number of nitrogens with one attached hydrogen (secondary N) is 2. The van der Waals surface area contributed by atoms with Crippen molar-refractivity contribution >= 4 is 28.4 Å². The zero-order valence-corrected chi connectivity index (χ0v) is 18.9. The number of hydrogen-bond donors (Lipinski definition) is 2. The van der Waals surface area contributed by atoms with Crippen LogP contribution in [0.2, 0.25) is 5.15 Å². The summed E-state index contributed by atoms with van der Waals surface area (Å²) in [6.07, 6.45) is 2.04. The maximum Gasteiger partial charge on any atom is 0.254 e. The molecule has 4 rings (SSSR count). The van der Waals surface area contributed by atoms with Gasteiger partial charge in [-0.3, -0.25) is 9.59 Å². The molecule has 164 valence electrons. The number of aromatic nitrogens is 2. The fraction of sp³-hybridized carbons (Fsp3) is 0.417. The van der Waals surface area contributed by atoms with Crippen molar-refractivity contribution < 1.29 is 9.53 Å². The summed E-state index contributed by atoms with van der Waals surface area (Å²) in [6.45, 7) is 7.73. The van der Waals surface area contributed by atoms with Crippen LogP contribution in [0.5, 0.6) is 0 Å². The summed E-state index contributed by atoms with van der Waals surface area (Å²) in [6, 6.07) is 9.62. The number of benzene rings is 1. The molecule has 31 heavy (non-hydrogen) atoms. The van der Waals surface area contributed by atoms with Crippen LogP contribution >= 0.6 is 11.6 Å². The zero-order chi connectivity index (χ0) is 22.1. The smallest absolute Gasteiger partial charge is 0.254 e. The molecule has 1 atom stereocenters. The summed E-state index contributed by atoms with van der Waals surface area (Å²) in [5.41, 5.74) is 3.65. The number of aryl methyl sites for hydroxylation is 1. The summed E-state index contributed by atoms with van der Waals surface area (Å²) in [5.74, 6) is 0.329. The van der Waals surface area contributed by atoms with E-state index >= 15 is 0 Å². The van der Waals surface area contributed by atoms with Crippen molar-refractivity contribution in [1.29, 1.82) is 0 Å². The largest absolute Gasteiger partial charge is 0.381 e. The molecule has 0 spiro atoms. The van der Waals surface area contributed by atoms with Gasteiger partial charge in [0, 0.05) is 59.7 Å².